The van der Waals surface area contributed by atoms with E-state index in [1.807, 2.05) is 30.3 Å². The molecule has 20 heavy (non-hydrogen) atoms. The molecule has 0 spiro atoms. The standard InChI is InChI=1S/C15H15N3O2/c16-15(7-3-4-8-15)14-17-13(18-20-14)12-9-10-5-1-2-6-11(10)19-12/h1-2,5-6,9H,3-4,7-8,16H2. The summed E-state index contributed by atoms with van der Waals surface area (Å²) in [6, 6.07) is 9.73. The van der Waals surface area contributed by atoms with Crippen LogP contribution in [0.4, 0.5) is 0 Å². The maximum Gasteiger partial charge on any atom is 0.247 e. The summed E-state index contributed by atoms with van der Waals surface area (Å²) in [7, 11) is 0. The van der Waals surface area contributed by atoms with Crippen LogP contribution in [0, 0.1) is 0 Å². The number of hydrogen-bond acceptors (Lipinski definition) is 5. The summed E-state index contributed by atoms with van der Waals surface area (Å²) in [6.07, 6.45) is 4.02. The van der Waals surface area contributed by atoms with E-state index >= 15 is 0 Å². The highest BCUT2D eigenvalue weighted by Crippen LogP contribution is 2.36. The maximum absolute atomic E-state index is 6.32. The SMILES string of the molecule is NC1(c2nc(-c3cc4ccccc4o3)no2)CCCC1. The first kappa shape index (κ1) is 11.7. The van der Waals surface area contributed by atoms with Crippen molar-refractivity contribution in [3.63, 3.8) is 0 Å². The van der Waals surface area contributed by atoms with Crippen molar-refractivity contribution < 1.29 is 8.94 Å². The van der Waals surface area contributed by atoms with Gasteiger partial charge in [-0.2, -0.15) is 4.98 Å². The fourth-order valence-corrected chi connectivity index (χ4v) is 2.84. The molecule has 1 saturated carbocycles. The van der Waals surface area contributed by atoms with Crippen LogP contribution in [0.2, 0.25) is 0 Å². The van der Waals surface area contributed by atoms with Crippen LogP contribution in [-0.4, -0.2) is 10.1 Å². The summed E-state index contributed by atoms with van der Waals surface area (Å²) in [5.41, 5.74) is 6.68. The van der Waals surface area contributed by atoms with Crippen molar-refractivity contribution in [2.75, 3.05) is 0 Å². The maximum atomic E-state index is 6.32. The molecule has 1 aliphatic carbocycles. The second-order valence-corrected chi connectivity index (χ2v) is 5.43. The molecule has 0 atom stereocenters. The highest BCUT2D eigenvalue weighted by Gasteiger charge is 2.37. The lowest BCUT2D eigenvalue weighted by Gasteiger charge is -2.16. The van der Waals surface area contributed by atoms with Gasteiger partial charge in [-0.15, -0.1) is 0 Å². The summed E-state index contributed by atoms with van der Waals surface area (Å²) < 4.78 is 11.1. The van der Waals surface area contributed by atoms with Crippen LogP contribution in [-0.2, 0) is 5.54 Å². The molecule has 102 valence electrons. The molecular formula is C15H15N3O2. The molecule has 0 saturated heterocycles. The Labute approximate surface area is 115 Å². The Bertz CT molecular complexity index is 720. The van der Waals surface area contributed by atoms with Gasteiger partial charge in [0.05, 0.1) is 5.54 Å². The van der Waals surface area contributed by atoms with E-state index in [0.29, 0.717) is 17.5 Å². The molecule has 1 aliphatic rings. The van der Waals surface area contributed by atoms with E-state index in [2.05, 4.69) is 10.1 Å². The van der Waals surface area contributed by atoms with Gasteiger partial charge in [0.1, 0.15) is 5.58 Å². The molecule has 2 heterocycles. The summed E-state index contributed by atoms with van der Waals surface area (Å²) in [5.74, 6) is 1.60. The minimum absolute atomic E-state index is 0.461. The Hall–Kier alpha value is -2.14. The van der Waals surface area contributed by atoms with E-state index < -0.39 is 5.54 Å². The van der Waals surface area contributed by atoms with Crippen molar-refractivity contribution >= 4 is 11.0 Å². The van der Waals surface area contributed by atoms with Crippen LogP contribution >= 0.6 is 0 Å². The average Bonchev–Trinajstić information content (AvgIpc) is 3.17. The van der Waals surface area contributed by atoms with E-state index in [0.717, 1.165) is 36.7 Å². The Balaban J connectivity index is 1.74. The van der Waals surface area contributed by atoms with E-state index in [9.17, 15) is 0 Å². The molecule has 2 N–H and O–H groups in total. The predicted octanol–water partition coefficient (Wildman–Crippen LogP) is 3.21. The largest absolute Gasteiger partial charge is 0.453 e. The quantitative estimate of drug-likeness (QED) is 0.772. The molecule has 1 fully saturated rings. The number of para-hydroxylation sites is 1. The molecule has 0 amide bonds. The third-order valence-electron chi connectivity index (χ3n) is 3.99. The van der Waals surface area contributed by atoms with E-state index in [4.69, 9.17) is 14.7 Å². The molecule has 0 aliphatic heterocycles. The Morgan fingerprint density at radius 3 is 2.75 bits per heavy atom. The number of fused-ring (bicyclic) bond motifs is 1. The minimum atomic E-state index is -0.461. The summed E-state index contributed by atoms with van der Waals surface area (Å²) in [5, 5.41) is 5.04. The number of hydrogen-bond donors (Lipinski definition) is 1. The van der Waals surface area contributed by atoms with Crippen molar-refractivity contribution in [3.05, 3.63) is 36.2 Å². The van der Waals surface area contributed by atoms with Crippen LogP contribution in [0.3, 0.4) is 0 Å². The lowest BCUT2D eigenvalue weighted by atomic mass is 9.99. The van der Waals surface area contributed by atoms with Gasteiger partial charge in [0.25, 0.3) is 0 Å². The first-order valence-corrected chi connectivity index (χ1v) is 6.87. The third kappa shape index (κ3) is 1.74. The molecule has 5 nitrogen and oxygen atoms in total. The number of nitrogens with two attached hydrogens (primary N) is 1. The third-order valence-corrected chi connectivity index (χ3v) is 3.99. The lowest BCUT2D eigenvalue weighted by molar-refractivity contribution is 0.285. The number of furan rings is 1. The van der Waals surface area contributed by atoms with Gasteiger partial charge in [-0.25, -0.2) is 0 Å². The van der Waals surface area contributed by atoms with Crippen molar-refractivity contribution in [2.45, 2.75) is 31.2 Å². The van der Waals surface area contributed by atoms with Crippen molar-refractivity contribution in [1.29, 1.82) is 0 Å². The van der Waals surface area contributed by atoms with Crippen LogP contribution in [0.25, 0.3) is 22.6 Å². The van der Waals surface area contributed by atoms with E-state index in [1.165, 1.54) is 0 Å². The highest BCUT2D eigenvalue weighted by molar-refractivity contribution is 5.81. The first-order chi connectivity index (χ1) is 9.74. The first-order valence-electron chi connectivity index (χ1n) is 6.87. The van der Waals surface area contributed by atoms with Crippen molar-refractivity contribution in [1.82, 2.24) is 10.1 Å². The van der Waals surface area contributed by atoms with Crippen molar-refractivity contribution in [3.8, 4) is 11.6 Å². The summed E-state index contributed by atoms with van der Waals surface area (Å²) in [4.78, 5) is 4.43. The van der Waals surface area contributed by atoms with Gasteiger partial charge >= 0.3 is 0 Å². The van der Waals surface area contributed by atoms with Crippen LogP contribution in [0.1, 0.15) is 31.6 Å². The number of nitrogens with zero attached hydrogens (tertiary/aromatic N) is 2. The molecular weight excluding hydrogens is 254 g/mol. The normalized spacial score (nSPS) is 17.9. The molecule has 1 aromatic carbocycles. The summed E-state index contributed by atoms with van der Waals surface area (Å²) >= 11 is 0. The van der Waals surface area contributed by atoms with Gasteiger partial charge in [0, 0.05) is 5.39 Å². The number of aromatic nitrogens is 2. The molecule has 2 aromatic heterocycles. The number of rotatable bonds is 2. The molecule has 4 rings (SSSR count). The van der Waals surface area contributed by atoms with Crippen LogP contribution in [0.5, 0.6) is 0 Å². The predicted molar refractivity (Wildman–Crippen MR) is 73.8 cm³/mol. The molecule has 0 bridgehead atoms. The fraction of sp³-hybridized carbons (Fsp3) is 0.333. The van der Waals surface area contributed by atoms with Gasteiger partial charge in [-0.1, -0.05) is 36.2 Å². The lowest BCUT2D eigenvalue weighted by Crippen LogP contribution is -2.33. The van der Waals surface area contributed by atoms with Crippen LogP contribution in [0.15, 0.2) is 39.3 Å². The van der Waals surface area contributed by atoms with Gasteiger partial charge in [-0.05, 0) is 25.0 Å². The molecule has 0 radical (unpaired) electrons. The van der Waals surface area contributed by atoms with Gasteiger partial charge < -0.3 is 14.7 Å². The highest BCUT2D eigenvalue weighted by atomic mass is 16.5. The zero-order valence-corrected chi connectivity index (χ0v) is 11.0. The van der Waals surface area contributed by atoms with Crippen molar-refractivity contribution in [2.24, 2.45) is 5.73 Å². The fourth-order valence-electron chi connectivity index (χ4n) is 2.84. The topological polar surface area (TPSA) is 78.1 Å². The Kier molecular flexibility index (Phi) is 2.44. The smallest absolute Gasteiger partial charge is 0.247 e. The number of benzene rings is 1. The van der Waals surface area contributed by atoms with Gasteiger partial charge in [0.2, 0.25) is 11.7 Å². The van der Waals surface area contributed by atoms with Gasteiger partial charge in [-0.3, -0.25) is 0 Å². The Morgan fingerprint density at radius 2 is 1.95 bits per heavy atom. The summed E-state index contributed by atoms with van der Waals surface area (Å²) in [6.45, 7) is 0. The molecule has 5 heteroatoms. The van der Waals surface area contributed by atoms with Gasteiger partial charge in [0.15, 0.2) is 5.76 Å². The second kappa shape index (κ2) is 4.18. The monoisotopic (exact) mass is 269 g/mol. The second-order valence-electron chi connectivity index (χ2n) is 5.43. The van der Waals surface area contributed by atoms with E-state index in [1.54, 1.807) is 0 Å². The Morgan fingerprint density at radius 1 is 1.15 bits per heavy atom. The zero-order chi connectivity index (χ0) is 13.6. The van der Waals surface area contributed by atoms with Crippen LogP contribution < -0.4 is 5.73 Å². The molecule has 3 aromatic rings. The van der Waals surface area contributed by atoms with E-state index in [-0.39, 0.29) is 0 Å². The minimum Gasteiger partial charge on any atom is -0.453 e. The average molecular weight is 269 g/mol. The zero-order valence-electron chi connectivity index (χ0n) is 11.0. The molecule has 0 unspecified atom stereocenters.